The lowest BCUT2D eigenvalue weighted by Gasteiger charge is -1.99. The first-order chi connectivity index (χ1) is 14.1. The minimum Gasteiger partial charge on any atom is -0.481 e. The van der Waals surface area contributed by atoms with Crippen molar-refractivity contribution in [3.63, 3.8) is 0 Å². The molecule has 6 nitrogen and oxygen atoms in total. The average molecular weight is 419 g/mol. The zero-order chi connectivity index (χ0) is 22.0. The number of rotatable bonds is 17. The molecule has 0 amide bonds. The van der Waals surface area contributed by atoms with Gasteiger partial charge in [0.25, 0.3) is 0 Å². The molecule has 0 aromatic carbocycles. The van der Waals surface area contributed by atoms with Gasteiger partial charge < -0.3 is 25.2 Å². The monoisotopic (exact) mass is 418 g/mol. The van der Waals surface area contributed by atoms with Crippen LogP contribution >= 0.6 is 0 Å². The summed E-state index contributed by atoms with van der Waals surface area (Å²) in [6, 6.07) is 0. The Bertz CT molecular complexity index is 338. The molecule has 1 heterocycles. The number of carboxylic acids is 1. The molecular formula is C23H46O6. The molecule has 1 saturated heterocycles. The number of aliphatic hydroxyl groups excluding tert-OH is 3. The maximum atomic E-state index is 10.3. The number of allylic oxidation sites excluding steroid dienone is 2. The van der Waals surface area contributed by atoms with E-state index in [1.54, 1.807) is 0 Å². The van der Waals surface area contributed by atoms with E-state index in [9.17, 15) is 4.79 Å². The number of hydrogen-bond donors (Lipinski definition) is 4. The first-order valence-electron chi connectivity index (χ1n) is 11.4. The van der Waals surface area contributed by atoms with Crippen LogP contribution in [-0.2, 0) is 9.53 Å². The van der Waals surface area contributed by atoms with Crippen molar-refractivity contribution in [3.8, 4) is 0 Å². The Hall–Kier alpha value is -0.950. The molecule has 0 saturated carbocycles. The largest absolute Gasteiger partial charge is 0.481 e. The summed E-state index contributed by atoms with van der Waals surface area (Å²) in [4.78, 5) is 10.3. The molecule has 1 aliphatic rings. The lowest BCUT2D eigenvalue weighted by molar-refractivity contribution is -0.137. The fourth-order valence-electron chi connectivity index (χ4n) is 2.40. The van der Waals surface area contributed by atoms with E-state index in [1.165, 1.54) is 70.6 Å². The second kappa shape index (κ2) is 27.0. The zero-order valence-electron chi connectivity index (χ0n) is 18.6. The smallest absolute Gasteiger partial charge is 0.303 e. The lowest BCUT2D eigenvalue weighted by atomic mass is 10.1. The maximum absolute atomic E-state index is 10.3. The van der Waals surface area contributed by atoms with Crippen molar-refractivity contribution in [2.75, 3.05) is 26.4 Å². The maximum Gasteiger partial charge on any atom is 0.303 e. The molecular weight excluding hydrogens is 372 g/mol. The third-order valence-electron chi connectivity index (χ3n) is 4.28. The van der Waals surface area contributed by atoms with Crippen molar-refractivity contribution in [3.05, 3.63) is 12.2 Å². The van der Waals surface area contributed by atoms with Gasteiger partial charge in [-0.1, -0.05) is 70.4 Å². The van der Waals surface area contributed by atoms with Crippen molar-refractivity contribution in [2.24, 2.45) is 0 Å². The van der Waals surface area contributed by atoms with Gasteiger partial charge >= 0.3 is 5.97 Å². The Balaban J connectivity index is 0. The van der Waals surface area contributed by atoms with E-state index in [2.05, 4.69) is 23.8 Å². The summed E-state index contributed by atoms with van der Waals surface area (Å²) in [5.41, 5.74) is 0. The molecule has 4 N–H and O–H groups in total. The Kier molecular flexibility index (Phi) is 28.2. The lowest BCUT2D eigenvalue weighted by Crippen LogP contribution is -2.15. The van der Waals surface area contributed by atoms with Crippen LogP contribution in [0.3, 0.4) is 0 Å². The fraction of sp³-hybridized carbons (Fsp3) is 0.870. The molecule has 6 heteroatoms. The molecule has 29 heavy (non-hydrogen) atoms. The minimum atomic E-state index is -0.954. The molecule has 174 valence electrons. The van der Waals surface area contributed by atoms with E-state index in [-0.39, 0.29) is 13.2 Å². The second-order valence-corrected chi connectivity index (χ2v) is 7.36. The highest BCUT2D eigenvalue weighted by molar-refractivity contribution is 5.66. The number of aliphatic hydroxyl groups is 3. The summed E-state index contributed by atoms with van der Waals surface area (Å²) < 4.78 is 4.50. The van der Waals surface area contributed by atoms with Crippen molar-refractivity contribution >= 4 is 5.97 Å². The van der Waals surface area contributed by atoms with Crippen molar-refractivity contribution in [1.29, 1.82) is 0 Å². The first-order valence-corrected chi connectivity index (χ1v) is 11.4. The predicted octanol–water partition coefficient (Wildman–Crippen LogP) is 4.46. The Morgan fingerprint density at radius 2 is 1.24 bits per heavy atom. The van der Waals surface area contributed by atoms with E-state index in [4.69, 9.17) is 20.4 Å². The summed E-state index contributed by atoms with van der Waals surface area (Å²) in [6.07, 6.45) is 20.3. The Morgan fingerprint density at radius 3 is 1.59 bits per heavy atom. The number of carboxylic acid groups (broad SMARTS) is 1. The van der Waals surface area contributed by atoms with Crippen LogP contribution in [0.25, 0.3) is 0 Å². The van der Waals surface area contributed by atoms with Crippen LogP contribution in [0.4, 0.5) is 0 Å². The van der Waals surface area contributed by atoms with Crippen molar-refractivity contribution < 1.29 is 30.0 Å². The highest BCUT2D eigenvalue weighted by atomic mass is 16.6. The van der Waals surface area contributed by atoms with Gasteiger partial charge in [-0.25, -0.2) is 0 Å². The molecule has 0 aliphatic carbocycles. The summed E-state index contributed by atoms with van der Waals surface area (Å²) in [5.74, 6) is -0.664. The van der Waals surface area contributed by atoms with Crippen LogP contribution in [-0.4, -0.2) is 58.9 Å². The number of ether oxygens (including phenoxy) is 1. The third kappa shape index (κ3) is 38.3. The van der Waals surface area contributed by atoms with Gasteiger partial charge in [-0.2, -0.15) is 0 Å². The third-order valence-corrected chi connectivity index (χ3v) is 4.28. The standard InChI is InChI=1S/C18H34O2.C3H8O3.C2H4O/c1-2-3-4-5-6-7-8-9-10-11-12-13-14-15-16-17-18(19)20;4-1-3(6)2-5;1-2-3-1/h9-10H,2-8,11-17H2,1H3,(H,19,20);3-6H,1-2H2;1-2H2. The van der Waals surface area contributed by atoms with E-state index in [0.29, 0.717) is 6.42 Å². The summed E-state index contributed by atoms with van der Waals surface area (Å²) in [6.45, 7) is 3.53. The Labute approximate surface area is 178 Å². The van der Waals surface area contributed by atoms with Gasteiger partial charge in [0, 0.05) is 6.42 Å². The van der Waals surface area contributed by atoms with E-state index in [0.717, 1.165) is 26.1 Å². The van der Waals surface area contributed by atoms with Gasteiger partial charge in [-0.3, -0.25) is 4.79 Å². The normalized spacial score (nSPS) is 12.3. The Morgan fingerprint density at radius 1 is 0.828 bits per heavy atom. The second-order valence-electron chi connectivity index (χ2n) is 7.36. The number of epoxide rings is 1. The van der Waals surface area contributed by atoms with Crippen molar-refractivity contribution in [2.45, 2.75) is 103 Å². The molecule has 0 radical (unpaired) electrons. The van der Waals surface area contributed by atoms with Gasteiger partial charge in [0.1, 0.15) is 6.10 Å². The number of aliphatic carboxylic acids is 1. The van der Waals surface area contributed by atoms with Crippen LogP contribution in [0.1, 0.15) is 96.8 Å². The van der Waals surface area contributed by atoms with Gasteiger partial charge in [0.15, 0.2) is 0 Å². The number of unbranched alkanes of at least 4 members (excludes halogenated alkanes) is 11. The van der Waals surface area contributed by atoms with Gasteiger partial charge in [-0.15, -0.1) is 0 Å². The molecule has 0 aromatic heterocycles. The minimum absolute atomic E-state index is 0.332. The molecule has 1 rings (SSSR count). The van der Waals surface area contributed by atoms with Crippen LogP contribution in [0.15, 0.2) is 12.2 Å². The number of hydrogen-bond acceptors (Lipinski definition) is 5. The highest BCUT2D eigenvalue weighted by Crippen LogP contribution is 2.09. The van der Waals surface area contributed by atoms with Crippen molar-refractivity contribution in [1.82, 2.24) is 0 Å². The molecule has 0 aromatic rings. The topological polar surface area (TPSA) is 111 Å². The first kappa shape index (κ1) is 30.2. The summed E-state index contributed by atoms with van der Waals surface area (Å²) in [5, 5.41) is 32.5. The highest BCUT2D eigenvalue weighted by Gasteiger charge is 1.96. The molecule has 1 aliphatic heterocycles. The average Bonchev–Trinajstić information content (AvgIpc) is 3.60. The molecule has 0 bridgehead atoms. The molecule has 0 spiro atoms. The van der Waals surface area contributed by atoms with Crippen LogP contribution in [0.2, 0.25) is 0 Å². The quantitative estimate of drug-likeness (QED) is 0.158. The zero-order valence-corrected chi connectivity index (χ0v) is 18.6. The fourth-order valence-corrected chi connectivity index (χ4v) is 2.40. The summed E-state index contributed by atoms with van der Waals surface area (Å²) in [7, 11) is 0. The summed E-state index contributed by atoms with van der Waals surface area (Å²) >= 11 is 0. The molecule has 0 atom stereocenters. The van der Waals surface area contributed by atoms with E-state index in [1.807, 2.05) is 0 Å². The molecule has 1 fully saturated rings. The predicted molar refractivity (Wildman–Crippen MR) is 118 cm³/mol. The van der Waals surface area contributed by atoms with Gasteiger partial charge in [0.2, 0.25) is 0 Å². The SMILES string of the molecule is C1CO1.CCCCCCCCC=CCCCCCCCC(=O)O.OCC(O)CO. The van der Waals surface area contributed by atoms with Gasteiger partial charge in [0.05, 0.1) is 26.4 Å². The number of carbonyl (C=O) groups is 1. The molecule has 0 unspecified atom stereocenters. The van der Waals surface area contributed by atoms with Gasteiger partial charge in [-0.05, 0) is 32.1 Å². The van der Waals surface area contributed by atoms with Crippen LogP contribution < -0.4 is 0 Å². The van der Waals surface area contributed by atoms with E-state index < -0.39 is 12.1 Å². The van der Waals surface area contributed by atoms with Crippen LogP contribution in [0.5, 0.6) is 0 Å². The van der Waals surface area contributed by atoms with Crippen LogP contribution in [0, 0.1) is 0 Å². The van der Waals surface area contributed by atoms with E-state index >= 15 is 0 Å².